The lowest BCUT2D eigenvalue weighted by Crippen LogP contribution is -2.30. The van der Waals surface area contributed by atoms with Gasteiger partial charge in [0.1, 0.15) is 4.60 Å². The van der Waals surface area contributed by atoms with Crippen molar-refractivity contribution in [3.8, 4) is 0 Å². The average Bonchev–Trinajstić information content (AvgIpc) is 2.74. The largest absolute Gasteiger partial charge is 0.481 e. The number of aliphatic carboxylic acids is 1. The molecule has 3 atom stereocenters. The predicted octanol–water partition coefficient (Wildman–Crippen LogP) is 2.53. The summed E-state index contributed by atoms with van der Waals surface area (Å²) in [7, 11) is 0. The standard InChI is InChI=1S/C13H15BrN2O3/c1-7-5-8(9(6-7)13(18)19)12(17)16-10-3-2-4-15-11(10)14/h2-4,7-9H,5-6H2,1H3,(H,16,17)(H,18,19)/t7?,8-,9+/m0/s1. The molecule has 1 aromatic rings. The summed E-state index contributed by atoms with van der Waals surface area (Å²) in [5.74, 6) is -1.94. The van der Waals surface area contributed by atoms with Crippen molar-refractivity contribution >= 4 is 33.5 Å². The Morgan fingerprint density at radius 1 is 1.42 bits per heavy atom. The fourth-order valence-corrected chi connectivity index (χ4v) is 2.91. The summed E-state index contributed by atoms with van der Waals surface area (Å²) < 4.78 is 0.543. The van der Waals surface area contributed by atoms with Gasteiger partial charge in [0, 0.05) is 6.20 Å². The van der Waals surface area contributed by atoms with Crippen LogP contribution in [-0.4, -0.2) is 22.0 Å². The Morgan fingerprint density at radius 2 is 2.11 bits per heavy atom. The third-order valence-corrected chi connectivity index (χ3v) is 4.10. The van der Waals surface area contributed by atoms with Gasteiger partial charge in [0.25, 0.3) is 0 Å². The molecule has 102 valence electrons. The lowest BCUT2D eigenvalue weighted by atomic mass is 9.95. The van der Waals surface area contributed by atoms with E-state index in [-0.39, 0.29) is 11.8 Å². The number of carbonyl (C=O) groups is 2. The Morgan fingerprint density at radius 3 is 2.74 bits per heavy atom. The molecule has 0 bridgehead atoms. The van der Waals surface area contributed by atoms with Crippen molar-refractivity contribution in [2.75, 3.05) is 5.32 Å². The Kier molecular flexibility index (Phi) is 4.19. The Balaban J connectivity index is 2.11. The highest BCUT2D eigenvalue weighted by molar-refractivity contribution is 9.10. The first kappa shape index (κ1) is 14.0. The minimum Gasteiger partial charge on any atom is -0.481 e. The quantitative estimate of drug-likeness (QED) is 0.836. The third-order valence-electron chi connectivity index (χ3n) is 3.47. The lowest BCUT2D eigenvalue weighted by Gasteiger charge is -2.15. The van der Waals surface area contributed by atoms with Crippen LogP contribution in [0.2, 0.25) is 0 Å². The number of hydrogen-bond donors (Lipinski definition) is 2. The summed E-state index contributed by atoms with van der Waals surface area (Å²) in [5, 5.41) is 11.9. The number of carbonyl (C=O) groups excluding carboxylic acids is 1. The minimum atomic E-state index is -0.894. The summed E-state index contributed by atoms with van der Waals surface area (Å²) in [5.41, 5.74) is 0.566. The maximum Gasteiger partial charge on any atom is 0.307 e. The first-order valence-electron chi connectivity index (χ1n) is 6.13. The molecule has 0 spiro atoms. The van der Waals surface area contributed by atoms with Crippen LogP contribution in [0, 0.1) is 17.8 Å². The van der Waals surface area contributed by atoms with Crippen molar-refractivity contribution in [2.24, 2.45) is 17.8 Å². The van der Waals surface area contributed by atoms with Gasteiger partial charge < -0.3 is 10.4 Å². The van der Waals surface area contributed by atoms with E-state index in [2.05, 4.69) is 26.2 Å². The van der Waals surface area contributed by atoms with E-state index in [1.54, 1.807) is 18.3 Å². The van der Waals surface area contributed by atoms with E-state index >= 15 is 0 Å². The van der Waals surface area contributed by atoms with E-state index in [9.17, 15) is 9.59 Å². The molecule has 1 aliphatic carbocycles. The Hall–Kier alpha value is -1.43. The number of amides is 1. The second-order valence-electron chi connectivity index (χ2n) is 4.96. The van der Waals surface area contributed by atoms with Gasteiger partial charge in [0.2, 0.25) is 5.91 Å². The van der Waals surface area contributed by atoms with Gasteiger partial charge in [-0.2, -0.15) is 0 Å². The molecule has 5 nitrogen and oxygen atoms in total. The van der Waals surface area contributed by atoms with Gasteiger partial charge in [-0.15, -0.1) is 0 Å². The van der Waals surface area contributed by atoms with Crippen molar-refractivity contribution < 1.29 is 14.7 Å². The number of nitrogens with one attached hydrogen (secondary N) is 1. The number of pyridine rings is 1. The van der Waals surface area contributed by atoms with Gasteiger partial charge in [0.15, 0.2) is 0 Å². The van der Waals surface area contributed by atoms with Gasteiger partial charge in [-0.3, -0.25) is 9.59 Å². The number of aromatic nitrogens is 1. The number of rotatable bonds is 3. The average molecular weight is 327 g/mol. The molecule has 1 aromatic heterocycles. The number of carboxylic acid groups (broad SMARTS) is 1. The van der Waals surface area contributed by atoms with Crippen LogP contribution >= 0.6 is 15.9 Å². The molecule has 19 heavy (non-hydrogen) atoms. The lowest BCUT2D eigenvalue weighted by molar-refractivity contribution is -0.145. The van der Waals surface area contributed by atoms with Crippen LogP contribution in [0.5, 0.6) is 0 Å². The molecule has 6 heteroatoms. The van der Waals surface area contributed by atoms with Crippen LogP contribution in [0.3, 0.4) is 0 Å². The molecule has 0 saturated heterocycles. The highest BCUT2D eigenvalue weighted by atomic mass is 79.9. The van der Waals surface area contributed by atoms with Crippen LogP contribution < -0.4 is 5.32 Å². The first-order valence-corrected chi connectivity index (χ1v) is 6.92. The zero-order valence-electron chi connectivity index (χ0n) is 10.5. The molecule has 0 aromatic carbocycles. The van der Waals surface area contributed by atoms with Crippen molar-refractivity contribution in [1.82, 2.24) is 4.98 Å². The van der Waals surface area contributed by atoms with Crippen molar-refractivity contribution in [1.29, 1.82) is 0 Å². The summed E-state index contributed by atoms with van der Waals surface area (Å²) >= 11 is 3.25. The van der Waals surface area contributed by atoms with Gasteiger partial charge in [-0.1, -0.05) is 6.92 Å². The zero-order valence-corrected chi connectivity index (χ0v) is 12.1. The molecule has 0 radical (unpaired) electrons. The van der Waals surface area contributed by atoms with Crippen molar-refractivity contribution in [3.05, 3.63) is 22.9 Å². The normalized spacial score (nSPS) is 26.1. The van der Waals surface area contributed by atoms with E-state index < -0.39 is 17.8 Å². The van der Waals surface area contributed by atoms with Crippen LogP contribution in [0.1, 0.15) is 19.8 Å². The first-order chi connectivity index (χ1) is 8.99. The molecule has 0 aliphatic heterocycles. The molecule has 1 fully saturated rings. The van der Waals surface area contributed by atoms with Crippen LogP contribution in [0.25, 0.3) is 0 Å². The molecule has 2 rings (SSSR count). The SMILES string of the molecule is CC1C[C@H](C(=O)Nc2cccnc2Br)[C@H](C(=O)O)C1. The molecular weight excluding hydrogens is 312 g/mol. The third kappa shape index (κ3) is 3.12. The molecule has 2 N–H and O–H groups in total. The fraction of sp³-hybridized carbons (Fsp3) is 0.462. The fourth-order valence-electron chi connectivity index (χ4n) is 2.56. The predicted molar refractivity (Wildman–Crippen MR) is 73.6 cm³/mol. The van der Waals surface area contributed by atoms with Gasteiger partial charge in [0.05, 0.1) is 17.5 Å². The summed E-state index contributed by atoms with van der Waals surface area (Å²) in [6.07, 6.45) is 2.78. The maximum absolute atomic E-state index is 12.2. The number of carboxylic acids is 1. The molecule has 1 heterocycles. The smallest absolute Gasteiger partial charge is 0.307 e. The highest BCUT2D eigenvalue weighted by Crippen LogP contribution is 2.37. The van der Waals surface area contributed by atoms with Crippen molar-refractivity contribution in [3.63, 3.8) is 0 Å². The Labute approximate surface area is 119 Å². The van der Waals surface area contributed by atoms with Gasteiger partial charge in [-0.25, -0.2) is 4.98 Å². The second-order valence-corrected chi connectivity index (χ2v) is 5.71. The molecular formula is C13H15BrN2O3. The number of nitrogens with zero attached hydrogens (tertiary/aromatic N) is 1. The molecule has 1 amide bonds. The van der Waals surface area contributed by atoms with Crippen molar-refractivity contribution in [2.45, 2.75) is 19.8 Å². The van der Waals surface area contributed by atoms with E-state index in [0.717, 1.165) is 0 Å². The van der Waals surface area contributed by atoms with Gasteiger partial charge >= 0.3 is 5.97 Å². The summed E-state index contributed by atoms with van der Waals surface area (Å²) in [6, 6.07) is 3.44. The maximum atomic E-state index is 12.2. The van der Waals surface area contributed by atoms with Crippen LogP contribution in [0.15, 0.2) is 22.9 Å². The number of halogens is 1. The summed E-state index contributed by atoms with van der Waals surface area (Å²) in [6.45, 7) is 1.98. The van der Waals surface area contributed by atoms with Gasteiger partial charge in [-0.05, 0) is 46.8 Å². The van der Waals surface area contributed by atoms with E-state index in [4.69, 9.17) is 5.11 Å². The topological polar surface area (TPSA) is 79.3 Å². The van der Waals surface area contributed by atoms with Crippen LogP contribution in [-0.2, 0) is 9.59 Å². The minimum absolute atomic E-state index is 0.245. The van der Waals surface area contributed by atoms with E-state index in [1.165, 1.54) is 0 Å². The van der Waals surface area contributed by atoms with E-state index in [1.807, 2.05) is 6.92 Å². The highest BCUT2D eigenvalue weighted by Gasteiger charge is 2.41. The molecule has 1 saturated carbocycles. The van der Waals surface area contributed by atoms with Crippen LogP contribution in [0.4, 0.5) is 5.69 Å². The zero-order chi connectivity index (χ0) is 14.0. The number of hydrogen-bond acceptors (Lipinski definition) is 3. The van der Waals surface area contributed by atoms with E-state index in [0.29, 0.717) is 23.1 Å². The monoisotopic (exact) mass is 326 g/mol. The second kappa shape index (κ2) is 5.69. The summed E-state index contributed by atoms with van der Waals surface area (Å²) in [4.78, 5) is 27.4. The molecule has 1 aliphatic rings. The number of anilines is 1. The Bertz CT molecular complexity index is 506. The molecule has 1 unspecified atom stereocenters.